The van der Waals surface area contributed by atoms with Crippen molar-refractivity contribution < 1.29 is 18.0 Å². The third-order valence-electron chi connectivity index (χ3n) is 4.08. The molecule has 0 aliphatic carbocycles. The summed E-state index contributed by atoms with van der Waals surface area (Å²) in [5, 5.41) is 6.71. The van der Waals surface area contributed by atoms with E-state index in [1.165, 1.54) is 42.7 Å². The molecule has 154 valence electrons. The predicted molar refractivity (Wildman–Crippen MR) is 104 cm³/mol. The number of carbonyl (C=O) groups is 1. The number of nitrogens with zero attached hydrogens (tertiary/aromatic N) is 5. The van der Waals surface area contributed by atoms with Gasteiger partial charge in [0.05, 0.1) is 23.2 Å². The minimum Gasteiger partial charge on any atom is -0.350 e. The van der Waals surface area contributed by atoms with Gasteiger partial charge in [0.2, 0.25) is 5.91 Å². The fraction of sp³-hybridized carbons (Fsp3) is 0.294. The van der Waals surface area contributed by atoms with Crippen LogP contribution < -0.4 is 10.2 Å². The Labute approximate surface area is 173 Å². The molecule has 0 spiro atoms. The van der Waals surface area contributed by atoms with Crippen LogP contribution in [0.25, 0.3) is 11.0 Å². The largest absolute Gasteiger partial charge is 0.417 e. The van der Waals surface area contributed by atoms with E-state index in [-0.39, 0.29) is 39.4 Å². The van der Waals surface area contributed by atoms with Crippen molar-refractivity contribution in [2.75, 3.05) is 23.8 Å². The van der Waals surface area contributed by atoms with E-state index in [9.17, 15) is 18.0 Å². The lowest BCUT2D eigenvalue weighted by molar-refractivity contribution is -0.136. The summed E-state index contributed by atoms with van der Waals surface area (Å²) in [7, 11) is 2.97. The number of amides is 1. The molecule has 7 nitrogen and oxygen atoms in total. The lowest BCUT2D eigenvalue weighted by Crippen LogP contribution is -2.31. The first-order valence-corrected chi connectivity index (χ1v) is 8.97. The van der Waals surface area contributed by atoms with Crippen LogP contribution in [0.3, 0.4) is 0 Å². The Hall–Kier alpha value is -2.59. The van der Waals surface area contributed by atoms with Crippen molar-refractivity contribution in [3.63, 3.8) is 0 Å². The first kappa shape index (κ1) is 21.1. The molecular weight excluding hydrogens is 432 g/mol. The number of anilines is 2. The number of nitrogens with one attached hydrogen (secondary N) is 1. The highest BCUT2D eigenvalue weighted by Crippen LogP contribution is 2.37. The summed E-state index contributed by atoms with van der Waals surface area (Å²) in [4.78, 5) is 21.6. The molecule has 0 saturated carbocycles. The number of carbonyl (C=O) groups excluding carboxylic acids is 1. The maximum atomic E-state index is 13.6. The van der Waals surface area contributed by atoms with Crippen LogP contribution in [-0.2, 0) is 18.0 Å². The molecular formula is C17H15Cl2F3N6O. The van der Waals surface area contributed by atoms with Gasteiger partial charge in [-0.1, -0.05) is 23.2 Å². The van der Waals surface area contributed by atoms with Crippen LogP contribution in [0.4, 0.5) is 24.7 Å². The van der Waals surface area contributed by atoms with Crippen molar-refractivity contribution in [1.82, 2.24) is 19.7 Å². The van der Waals surface area contributed by atoms with Crippen LogP contribution in [-0.4, -0.2) is 39.2 Å². The Morgan fingerprint density at radius 3 is 2.41 bits per heavy atom. The van der Waals surface area contributed by atoms with Crippen molar-refractivity contribution in [2.45, 2.75) is 13.1 Å². The molecule has 0 saturated heterocycles. The summed E-state index contributed by atoms with van der Waals surface area (Å²) in [5.41, 5.74) is -0.244. The quantitative estimate of drug-likeness (QED) is 0.611. The van der Waals surface area contributed by atoms with Gasteiger partial charge in [-0.05, 0) is 25.1 Å². The lowest BCUT2D eigenvalue weighted by Gasteiger charge is -2.20. The minimum atomic E-state index is -4.60. The van der Waals surface area contributed by atoms with Crippen molar-refractivity contribution in [3.05, 3.63) is 39.8 Å². The highest BCUT2D eigenvalue weighted by Gasteiger charge is 2.35. The highest BCUT2D eigenvalue weighted by molar-refractivity contribution is 6.33. The van der Waals surface area contributed by atoms with Gasteiger partial charge in [-0.3, -0.25) is 9.48 Å². The molecule has 3 heterocycles. The van der Waals surface area contributed by atoms with Gasteiger partial charge in [0.25, 0.3) is 0 Å². The molecule has 1 N–H and O–H groups in total. The smallest absolute Gasteiger partial charge is 0.350 e. The summed E-state index contributed by atoms with van der Waals surface area (Å²) >= 11 is 11.6. The number of alkyl halides is 3. The van der Waals surface area contributed by atoms with Crippen LogP contribution in [0.5, 0.6) is 0 Å². The fourth-order valence-electron chi connectivity index (χ4n) is 2.88. The molecule has 29 heavy (non-hydrogen) atoms. The molecule has 0 aliphatic rings. The molecule has 0 unspecified atom stereocenters. The molecule has 12 heteroatoms. The number of aromatic nitrogens is 4. The van der Waals surface area contributed by atoms with Gasteiger partial charge in [-0.2, -0.15) is 18.3 Å². The van der Waals surface area contributed by atoms with E-state index in [0.717, 1.165) is 6.07 Å². The molecule has 0 aliphatic heterocycles. The van der Waals surface area contributed by atoms with Gasteiger partial charge < -0.3 is 10.2 Å². The van der Waals surface area contributed by atoms with E-state index >= 15 is 0 Å². The number of likely N-dealkylation sites (N-methyl/N-ethyl adjacent to an activating group) is 1. The highest BCUT2D eigenvalue weighted by atomic mass is 35.5. The third-order valence-corrected chi connectivity index (χ3v) is 4.47. The van der Waals surface area contributed by atoms with E-state index in [4.69, 9.17) is 23.2 Å². The second-order valence-electron chi connectivity index (χ2n) is 6.34. The summed E-state index contributed by atoms with van der Waals surface area (Å²) in [6.07, 6.45) is -4.60. The maximum absolute atomic E-state index is 13.6. The van der Waals surface area contributed by atoms with E-state index in [0.29, 0.717) is 5.69 Å². The summed E-state index contributed by atoms with van der Waals surface area (Å²) < 4.78 is 42.0. The van der Waals surface area contributed by atoms with Gasteiger partial charge >= 0.3 is 6.18 Å². The molecule has 0 bridgehead atoms. The predicted octanol–water partition coefficient (Wildman–Crippen LogP) is 4.07. The topological polar surface area (TPSA) is 75.9 Å². The Kier molecular flexibility index (Phi) is 5.59. The number of aryl methyl sites for hydroxylation is 2. The molecule has 3 aromatic heterocycles. The Bertz CT molecular complexity index is 1080. The average molecular weight is 447 g/mol. The van der Waals surface area contributed by atoms with Crippen molar-refractivity contribution in [2.24, 2.45) is 7.05 Å². The van der Waals surface area contributed by atoms with Gasteiger partial charge in [0, 0.05) is 19.8 Å². The van der Waals surface area contributed by atoms with Crippen molar-refractivity contribution in [1.29, 1.82) is 0 Å². The van der Waals surface area contributed by atoms with Crippen LogP contribution in [0.15, 0.2) is 18.2 Å². The average Bonchev–Trinajstić information content (AvgIpc) is 2.86. The lowest BCUT2D eigenvalue weighted by atomic mass is 10.1. The van der Waals surface area contributed by atoms with Gasteiger partial charge in [-0.15, -0.1) is 0 Å². The number of rotatable bonds is 4. The Morgan fingerprint density at radius 1 is 1.21 bits per heavy atom. The third kappa shape index (κ3) is 4.54. The van der Waals surface area contributed by atoms with Gasteiger partial charge in [0.1, 0.15) is 16.1 Å². The number of fused-ring (bicyclic) bond motifs is 1. The second kappa shape index (κ2) is 7.68. The second-order valence-corrected chi connectivity index (χ2v) is 7.11. The van der Waals surface area contributed by atoms with E-state index < -0.39 is 17.6 Å². The van der Waals surface area contributed by atoms with Crippen molar-refractivity contribution >= 4 is 51.6 Å². The normalized spacial score (nSPS) is 11.7. The fourth-order valence-corrected chi connectivity index (χ4v) is 3.35. The van der Waals surface area contributed by atoms with Crippen molar-refractivity contribution in [3.8, 4) is 0 Å². The molecule has 0 atom stereocenters. The zero-order valence-corrected chi connectivity index (χ0v) is 17.0. The molecule has 3 rings (SSSR count). The minimum absolute atomic E-state index is 0.0197. The molecule has 3 aromatic rings. The van der Waals surface area contributed by atoms with E-state index in [1.54, 1.807) is 0 Å². The summed E-state index contributed by atoms with van der Waals surface area (Å²) in [5.74, 6) is -0.517. The molecule has 0 aromatic carbocycles. The summed E-state index contributed by atoms with van der Waals surface area (Å²) in [6.45, 7) is 1.23. The zero-order valence-electron chi connectivity index (χ0n) is 15.5. The first-order valence-electron chi connectivity index (χ1n) is 8.21. The van der Waals surface area contributed by atoms with Gasteiger partial charge in [0.15, 0.2) is 5.65 Å². The van der Waals surface area contributed by atoms with E-state index in [1.807, 2.05) is 0 Å². The first-order chi connectivity index (χ1) is 13.5. The number of pyridine rings is 2. The number of hydrogen-bond donors (Lipinski definition) is 1. The maximum Gasteiger partial charge on any atom is 0.417 e. The molecule has 1 amide bonds. The van der Waals surface area contributed by atoms with Crippen LogP contribution in [0, 0.1) is 6.92 Å². The number of halogens is 5. The molecule has 0 radical (unpaired) electrons. The van der Waals surface area contributed by atoms with Gasteiger partial charge in [-0.25, -0.2) is 9.97 Å². The van der Waals surface area contributed by atoms with Crippen LogP contribution in [0.2, 0.25) is 10.3 Å². The zero-order chi connectivity index (χ0) is 21.5. The Balaban J connectivity index is 1.89. The van der Waals surface area contributed by atoms with E-state index in [2.05, 4.69) is 20.4 Å². The van der Waals surface area contributed by atoms with Crippen LogP contribution in [0.1, 0.15) is 11.3 Å². The monoisotopic (exact) mass is 446 g/mol. The SMILES string of the molecule is Cc1nn(C)c2nc(N(C)CC(=O)Nc3cc(Cl)nc(Cl)c3)cc(C(F)(F)F)c12. The molecule has 0 fully saturated rings. The standard InChI is InChI=1S/C17H15Cl2F3N6O/c1-8-15-10(17(20,21)22)6-13(25-16(15)28(3)26-8)27(2)7-14(29)23-9-4-11(18)24-12(19)5-9/h4-6H,7H2,1-3H3,(H,23,24,29). The summed E-state index contributed by atoms with van der Waals surface area (Å²) in [6, 6.07) is 3.70. The number of hydrogen-bond acceptors (Lipinski definition) is 5. The Morgan fingerprint density at radius 2 is 1.83 bits per heavy atom. The van der Waals surface area contributed by atoms with Crippen LogP contribution >= 0.6 is 23.2 Å².